The van der Waals surface area contributed by atoms with Crippen LogP contribution in [0.1, 0.15) is 5.56 Å². The lowest BCUT2D eigenvalue weighted by Crippen LogP contribution is -2.43. The van der Waals surface area contributed by atoms with Gasteiger partial charge in [-0.2, -0.15) is 0 Å². The van der Waals surface area contributed by atoms with Crippen LogP contribution < -0.4 is 10.2 Å². The molecule has 1 fully saturated rings. The molecular weight excluding hydrogens is 231 g/mol. The minimum absolute atomic E-state index is 0.635. The van der Waals surface area contributed by atoms with E-state index in [-0.39, 0.29) is 0 Å². The lowest BCUT2D eigenvalue weighted by atomic mass is 10.1. The van der Waals surface area contributed by atoms with E-state index < -0.39 is 0 Å². The third kappa shape index (κ3) is 2.22. The first-order valence-electron chi connectivity index (χ1n) is 5.10. The Kier molecular flexibility index (Phi) is 3.39. The number of hydrogen-bond acceptors (Lipinski definition) is 2. The third-order valence-electron chi connectivity index (χ3n) is 2.70. The summed E-state index contributed by atoms with van der Waals surface area (Å²) in [6, 6.07) is 3.87. The molecule has 0 bridgehead atoms. The Morgan fingerprint density at radius 1 is 1.20 bits per heavy atom. The fourth-order valence-corrected chi connectivity index (χ4v) is 2.40. The van der Waals surface area contributed by atoms with Crippen molar-refractivity contribution in [3.63, 3.8) is 0 Å². The lowest BCUT2D eigenvalue weighted by molar-refractivity contribution is 0.588. The molecule has 1 aromatic rings. The van der Waals surface area contributed by atoms with Crippen molar-refractivity contribution >= 4 is 28.9 Å². The SMILES string of the molecule is Cc1ccc(Cl)c(Cl)c1N1CCNCC1. The van der Waals surface area contributed by atoms with Crippen LogP contribution in [0.2, 0.25) is 10.0 Å². The van der Waals surface area contributed by atoms with E-state index in [0.29, 0.717) is 10.0 Å². The quantitative estimate of drug-likeness (QED) is 0.818. The van der Waals surface area contributed by atoms with Gasteiger partial charge in [-0.15, -0.1) is 0 Å². The smallest absolute Gasteiger partial charge is 0.0828 e. The Balaban J connectivity index is 2.36. The maximum Gasteiger partial charge on any atom is 0.0828 e. The standard InChI is InChI=1S/C11H14Cl2N2/c1-8-2-3-9(12)10(13)11(8)15-6-4-14-5-7-15/h2-3,14H,4-7H2,1H3. The van der Waals surface area contributed by atoms with Gasteiger partial charge in [0.25, 0.3) is 0 Å². The first-order chi connectivity index (χ1) is 7.20. The zero-order valence-corrected chi connectivity index (χ0v) is 10.2. The molecule has 0 radical (unpaired) electrons. The van der Waals surface area contributed by atoms with Crippen LogP contribution >= 0.6 is 23.2 Å². The maximum absolute atomic E-state index is 6.24. The fraction of sp³-hybridized carbons (Fsp3) is 0.455. The van der Waals surface area contributed by atoms with Gasteiger partial charge < -0.3 is 10.2 Å². The highest BCUT2D eigenvalue weighted by atomic mass is 35.5. The van der Waals surface area contributed by atoms with Crippen LogP contribution in [0.3, 0.4) is 0 Å². The topological polar surface area (TPSA) is 15.3 Å². The summed E-state index contributed by atoms with van der Waals surface area (Å²) < 4.78 is 0. The largest absolute Gasteiger partial charge is 0.368 e. The zero-order chi connectivity index (χ0) is 10.8. The van der Waals surface area contributed by atoms with Crippen molar-refractivity contribution < 1.29 is 0 Å². The van der Waals surface area contributed by atoms with E-state index >= 15 is 0 Å². The van der Waals surface area contributed by atoms with Gasteiger partial charge in [0.2, 0.25) is 0 Å². The molecular formula is C11H14Cl2N2. The molecule has 1 aromatic carbocycles. The van der Waals surface area contributed by atoms with E-state index in [4.69, 9.17) is 23.2 Å². The number of rotatable bonds is 1. The molecule has 15 heavy (non-hydrogen) atoms. The van der Waals surface area contributed by atoms with E-state index in [1.165, 1.54) is 5.56 Å². The highest BCUT2D eigenvalue weighted by molar-refractivity contribution is 6.43. The molecule has 2 nitrogen and oxygen atoms in total. The fourth-order valence-electron chi connectivity index (χ4n) is 1.91. The van der Waals surface area contributed by atoms with Gasteiger partial charge in [-0.1, -0.05) is 29.3 Å². The van der Waals surface area contributed by atoms with E-state index in [0.717, 1.165) is 31.9 Å². The Labute approximate surface area is 100 Å². The minimum Gasteiger partial charge on any atom is -0.368 e. The molecule has 0 spiro atoms. The maximum atomic E-state index is 6.24. The highest BCUT2D eigenvalue weighted by Crippen LogP contribution is 2.35. The molecule has 1 aliphatic heterocycles. The summed E-state index contributed by atoms with van der Waals surface area (Å²) >= 11 is 12.3. The van der Waals surface area contributed by atoms with Crippen LogP contribution in [0.5, 0.6) is 0 Å². The van der Waals surface area contributed by atoms with Crippen LogP contribution in [0, 0.1) is 6.92 Å². The van der Waals surface area contributed by atoms with Gasteiger partial charge in [0, 0.05) is 26.2 Å². The predicted octanol–water partition coefficient (Wildman–Crippen LogP) is 2.71. The molecule has 0 aromatic heterocycles. The summed E-state index contributed by atoms with van der Waals surface area (Å²) in [7, 11) is 0. The van der Waals surface area contributed by atoms with Crippen molar-refractivity contribution in [2.45, 2.75) is 6.92 Å². The van der Waals surface area contributed by atoms with E-state index in [9.17, 15) is 0 Å². The second kappa shape index (κ2) is 4.60. The summed E-state index contributed by atoms with van der Waals surface area (Å²) in [5, 5.41) is 4.63. The van der Waals surface area contributed by atoms with E-state index in [2.05, 4.69) is 17.1 Å². The summed E-state index contributed by atoms with van der Waals surface area (Å²) in [4.78, 5) is 2.29. The van der Waals surface area contributed by atoms with Gasteiger partial charge in [-0.05, 0) is 18.6 Å². The second-order valence-electron chi connectivity index (χ2n) is 3.76. The van der Waals surface area contributed by atoms with Crippen molar-refractivity contribution in [1.29, 1.82) is 0 Å². The predicted molar refractivity (Wildman–Crippen MR) is 66.3 cm³/mol. The third-order valence-corrected chi connectivity index (χ3v) is 3.50. The second-order valence-corrected chi connectivity index (χ2v) is 4.55. The Hall–Kier alpha value is -0.440. The van der Waals surface area contributed by atoms with Gasteiger partial charge in [0.05, 0.1) is 15.7 Å². The van der Waals surface area contributed by atoms with Crippen molar-refractivity contribution in [2.24, 2.45) is 0 Å². The molecule has 0 aliphatic carbocycles. The van der Waals surface area contributed by atoms with Gasteiger partial charge in [-0.25, -0.2) is 0 Å². The number of halogens is 2. The van der Waals surface area contributed by atoms with Crippen molar-refractivity contribution in [3.05, 3.63) is 27.7 Å². The first kappa shape index (κ1) is 11.1. The van der Waals surface area contributed by atoms with Crippen LogP contribution in [0.15, 0.2) is 12.1 Å². The Morgan fingerprint density at radius 2 is 1.87 bits per heavy atom. The number of hydrogen-bond donors (Lipinski definition) is 1. The molecule has 1 saturated heterocycles. The molecule has 0 saturated carbocycles. The van der Waals surface area contributed by atoms with Gasteiger partial charge in [-0.3, -0.25) is 0 Å². The zero-order valence-electron chi connectivity index (χ0n) is 8.69. The average Bonchev–Trinajstić information content (AvgIpc) is 2.26. The Morgan fingerprint density at radius 3 is 2.53 bits per heavy atom. The van der Waals surface area contributed by atoms with Crippen molar-refractivity contribution in [1.82, 2.24) is 5.32 Å². The minimum atomic E-state index is 0.635. The molecule has 0 amide bonds. The number of piperazine rings is 1. The van der Waals surface area contributed by atoms with Crippen molar-refractivity contribution in [3.8, 4) is 0 Å². The summed E-state index contributed by atoms with van der Waals surface area (Å²) in [6.07, 6.45) is 0. The molecule has 0 unspecified atom stereocenters. The molecule has 0 atom stereocenters. The molecule has 4 heteroatoms. The first-order valence-corrected chi connectivity index (χ1v) is 5.86. The monoisotopic (exact) mass is 244 g/mol. The van der Waals surface area contributed by atoms with E-state index in [1.54, 1.807) is 0 Å². The van der Waals surface area contributed by atoms with Crippen LogP contribution in [-0.2, 0) is 0 Å². The van der Waals surface area contributed by atoms with Crippen molar-refractivity contribution in [2.75, 3.05) is 31.1 Å². The normalized spacial score (nSPS) is 16.9. The molecule has 1 heterocycles. The number of aryl methyl sites for hydroxylation is 1. The van der Waals surface area contributed by atoms with Crippen LogP contribution in [-0.4, -0.2) is 26.2 Å². The summed E-state index contributed by atoms with van der Waals surface area (Å²) in [5.74, 6) is 0. The van der Waals surface area contributed by atoms with E-state index in [1.807, 2.05) is 12.1 Å². The number of anilines is 1. The van der Waals surface area contributed by atoms with Gasteiger partial charge in [0.15, 0.2) is 0 Å². The number of benzene rings is 1. The highest BCUT2D eigenvalue weighted by Gasteiger charge is 2.17. The Bertz CT molecular complexity index is 360. The van der Waals surface area contributed by atoms with Crippen LogP contribution in [0.25, 0.3) is 0 Å². The lowest BCUT2D eigenvalue weighted by Gasteiger charge is -2.31. The molecule has 2 rings (SSSR count). The molecule has 82 valence electrons. The van der Waals surface area contributed by atoms with Crippen LogP contribution in [0.4, 0.5) is 5.69 Å². The number of nitrogens with one attached hydrogen (secondary N) is 1. The molecule has 1 aliphatic rings. The van der Waals surface area contributed by atoms with Gasteiger partial charge in [0.1, 0.15) is 0 Å². The van der Waals surface area contributed by atoms with Gasteiger partial charge >= 0.3 is 0 Å². The average molecular weight is 245 g/mol. The number of nitrogens with zero attached hydrogens (tertiary/aromatic N) is 1. The summed E-state index contributed by atoms with van der Waals surface area (Å²) in [6.45, 7) is 6.05. The molecule has 1 N–H and O–H groups in total. The summed E-state index contributed by atoms with van der Waals surface area (Å²) in [5.41, 5.74) is 2.27.